The molecule has 3 N–H and O–H groups in total. The number of ether oxygens (including phenoxy) is 2. The predicted molar refractivity (Wildman–Crippen MR) is 136 cm³/mol. The Hall–Kier alpha value is -3.04. The third-order valence-electron chi connectivity index (χ3n) is 5.88. The molecule has 2 atom stereocenters. The Labute approximate surface area is 209 Å². The number of hydrogen-bond donors (Lipinski definition) is 3. The van der Waals surface area contributed by atoms with Gasteiger partial charge >= 0.3 is 12.1 Å². The summed E-state index contributed by atoms with van der Waals surface area (Å²) >= 11 is 1.51. The molecule has 3 rings (SSSR count). The van der Waals surface area contributed by atoms with E-state index < -0.39 is 30.1 Å². The van der Waals surface area contributed by atoms with Crippen molar-refractivity contribution in [3.05, 3.63) is 59.7 Å². The lowest BCUT2D eigenvalue weighted by molar-refractivity contribution is -0.142. The third kappa shape index (κ3) is 7.22. The number of carbonyl (C=O) groups excluding carboxylic acids is 2. The van der Waals surface area contributed by atoms with E-state index in [4.69, 9.17) is 9.47 Å². The number of fused-ring (bicyclic) bond motifs is 3. The van der Waals surface area contributed by atoms with Gasteiger partial charge in [0.25, 0.3) is 0 Å². The van der Waals surface area contributed by atoms with Gasteiger partial charge in [-0.1, -0.05) is 48.5 Å². The van der Waals surface area contributed by atoms with Gasteiger partial charge < -0.3 is 25.2 Å². The summed E-state index contributed by atoms with van der Waals surface area (Å²) in [6.07, 6.45) is 0.942. The van der Waals surface area contributed by atoms with Gasteiger partial charge in [0.15, 0.2) is 0 Å². The maximum atomic E-state index is 12.4. The minimum atomic E-state index is -1.07. The molecule has 0 heterocycles. The molecule has 2 aromatic rings. The van der Waals surface area contributed by atoms with E-state index in [9.17, 15) is 19.5 Å². The smallest absolute Gasteiger partial charge is 0.407 e. The van der Waals surface area contributed by atoms with Crippen molar-refractivity contribution in [2.24, 2.45) is 0 Å². The number of rotatable bonds is 13. The lowest BCUT2D eigenvalue weighted by Gasteiger charge is -2.20. The van der Waals surface area contributed by atoms with Crippen molar-refractivity contribution in [1.29, 1.82) is 0 Å². The van der Waals surface area contributed by atoms with Gasteiger partial charge in [0.05, 0.1) is 12.5 Å². The summed E-state index contributed by atoms with van der Waals surface area (Å²) in [5, 5.41) is 14.5. The first-order valence-corrected chi connectivity index (χ1v) is 13.1. The third-order valence-corrected chi connectivity index (χ3v) is 6.52. The minimum Gasteiger partial charge on any atom is -0.480 e. The van der Waals surface area contributed by atoms with E-state index in [1.807, 2.05) is 30.5 Å². The minimum absolute atomic E-state index is 0.0455. The number of amides is 2. The Morgan fingerprint density at radius 3 is 2.26 bits per heavy atom. The zero-order valence-corrected chi connectivity index (χ0v) is 20.8. The Morgan fingerprint density at radius 1 is 1.06 bits per heavy atom. The SMILES string of the molecule is CCOC(CNC(=O)OCC1c2ccccc2-c2ccccc21)CC(=O)N[C@@H](CCSC)C(=O)O. The van der Waals surface area contributed by atoms with Gasteiger partial charge in [-0.05, 0) is 47.6 Å². The highest BCUT2D eigenvalue weighted by Gasteiger charge is 2.29. The molecule has 0 fully saturated rings. The van der Waals surface area contributed by atoms with Crippen LogP contribution in [-0.2, 0) is 19.1 Å². The van der Waals surface area contributed by atoms with Crippen molar-refractivity contribution in [2.75, 3.05) is 31.8 Å². The van der Waals surface area contributed by atoms with E-state index in [-0.39, 0.29) is 25.5 Å². The second-order valence-corrected chi connectivity index (χ2v) is 9.21. The van der Waals surface area contributed by atoms with Crippen LogP contribution < -0.4 is 10.6 Å². The average molecular weight is 501 g/mol. The first-order chi connectivity index (χ1) is 16.9. The molecule has 35 heavy (non-hydrogen) atoms. The van der Waals surface area contributed by atoms with Crippen molar-refractivity contribution in [2.45, 2.75) is 37.8 Å². The molecule has 2 amide bonds. The molecule has 1 unspecified atom stereocenters. The number of thioether (sulfide) groups is 1. The number of alkyl carbamates (subject to hydrolysis) is 1. The van der Waals surface area contributed by atoms with Gasteiger partial charge in [0, 0.05) is 19.1 Å². The molecule has 0 saturated carbocycles. The molecule has 1 aliphatic carbocycles. The topological polar surface area (TPSA) is 114 Å². The van der Waals surface area contributed by atoms with E-state index in [2.05, 4.69) is 34.9 Å². The second kappa shape index (κ2) is 13.2. The standard InChI is InChI=1S/C26H32N2O6S/c1-3-33-17(14-24(29)28-23(25(30)31)12-13-35-2)15-27-26(32)34-16-22-20-10-6-4-8-18(20)19-9-5-7-11-21(19)22/h4-11,17,22-23H,3,12-16H2,1-2H3,(H,27,32)(H,28,29)(H,30,31)/t17?,23-/m0/s1. The Balaban J connectivity index is 1.51. The number of carboxylic acid groups (broad SMARTS) is 1. The van der Waals surface area contributed by atoms with Gasteiger partial charge in [0.1, 0.15) is 12.6 Å². The summed E-state index contributed by atoms with van der Waals surface area (Å²) in [4.78, 5) is 36.2. The fourth-order valence-corrected chi connectivity index (χ4v) is 4.70. The van der Waals surface area contributed by atoms with Gasteiger partial charge in [-0.2, -0.15) is 11.8 Å². The van der Waals surface area contributed by atoms with Crippen LogP contribution in [0.15, 0.2) is 48.5 Å². The molecule has 8 nitrogen and oxygen atoms in total. The maximum absolute atomic E-state index is 12.4. The average Bonchev–Trinajstić information content (AvgIpc) is 3.17. The highest BCUT2D eigenvalue weighted by Crippen LogP contribution is 2.44. The number of hydrogen-bond acceptors (Lipinski definition) is 6. The van der Waals surface area contributed by atoms with Gasteiger partial charge in [-0.3, -0.25) is 4.79 Å². The van der Waals surface area contributed by atoms with Crippen LogP contribution in [0.4, 0.5) is 4.79 Å². The van der Waals surface area contributed by atoms with Gasteiger partial charge in [-0.15, -0.1) is 0 Å². The van der Waals surface area contributed by atoms with Crippen molar-refractivity contribution < 1.29 is 29.0 Å². The van der Waals surface area contributed by atoms with Crippen LogP contribution in [0.2, 0.25) is 0 Å². The zero-order valence-electron chi connectivity index (χ0n) is 20.0. The van der Waals surface area contributed by atoms with Gasteiger partial charge in [0.2, 0.25) is 5.91 Å². The van der Waals surface area contributed by atoms with E-state index in [1.54, 1.807) is 6.92 Å². The molecule has 0 bridgehead atoms. The highest BCUT2D eigenvalue weighted by molar-refractivity contribution is 7.98. The summed E-state index contributed by atoms with van der Waals surface area (Å²) in [6, 6.07) is 15.2. The van der Waals surface area contributed by atoms with E-state index in [0.717, 1.165) is 22.3 Å². The van der Waals surface area contributed by atoms with Gasteiger partial charge in [-0.25, -0.2) is 9.59 Å². The first kappa shape index (κ1) is 26.6. The fraction of sp³-hybridized carbons (Fsp3) is 0.423. The van der Waals surface area contributed by atoms with Crippen molar-refractivity contribution in [3.8, 4) is 11.1 Å². The Morgan fingerprint density at radius 2 is 1.69 bits per heavy atom. The van der Waals surface area contributed by atoms with Crippen molar-refractivity contribution >= 4 is 29.7 Å². The number of nitrogens with one attached hydrogen (secondary N) is 2. The molecule has 0 saturated heterocycles. The summed E-state index contributed by atoms with van der Waals surface area (Å²) < 4.78 is 11.1. The normalized spacial score (nSPS) is 13.9. The van der Waals surface area contributed by atoms with E-state index in [1.165, 1.54) is 11.8 Å². The van der Waals surface area contributed by atoms with Crippen LogP contribution >= 0.6 is 11.8 Å². The molecule has 0 spiro atoms. The van der Waals surface area contributed by atoms with E-state index >= 15 is 0 Å². The molecule has 188 valence electrons. The molecule has 0 aliphatic heterocycles. The van der Waals surface area contributed by atoms with Crippen molar-refractivity contribution in [1.82, 2.24) is 10.6 Å². The molecule has 9 heteroatoms. The Kier molecular flexibility index (Phi) is 9.98. The molecule has 0 radical (unpaired) electrons. The molecule has 0 aromatic heterocycles. The Bertz CT molecular complexity index is 985. The largest absolute Gasteiger partial charge is 0.480 e. The van der Waals surface area contributed by atoms with Crippen LogP contribution in [0.25, 0.3) is 11.1 Å². The van der Waals surface area contributed by atoms with E-state index in [0.29, 0.717) is 18.8 Å². The predicted octanol–water partition coefficient (Wildman–Crippen LogP) is 3.64. The number of aliphatic carboxylic acids is 1. The number of carbonyl (C=O) groups is 3. The van der Waals surface area contributed by atoms with Crippen LogP contribution in [0.3, 0.4) is 0 Å². The maximum Gasteiger partial charge on any atom is 0.407 e. The quantitative estimate of drug-likeness (QED) is 0.385. The summed E-state index contributed by atoms with van der Waals surface area (Å²) in [6.45, 7) is 2.39. The summed E-state index contributed by atoms with van der Waals surface area (Å²) in [5.74, 6) is -0.936. The monoisotopic (exact) mass is 500 g/mol. The van der Waals surface area contributed by atoms with Crippen LogP contribution in [0, 0.1) is 0 Å². The molecular formula is C26H32N2O6S. The van der Waals surface area contributed by atoms with Crippen LogP contribution in [0.5, 0.6) is 0 Å². The lowest BCUT2D eigenvalue weighted by Crippen LogP contribution is -2.44. The summed E-state index contributed by atoms with van der Waals surface area (Å²) in [7, 11) is 0. The fourth-order valence-electron chi connectivity index (χ4n) is 4.23. The summed E-state index contributed by atoms with van der Waals surface area (Å²) in [5.41, 5.74) is 4.55. The second-order valence-electron chi connectivity index (χ2n) is 8.23. The molecular weight excluding hydrogens is 468 g/mol. The molecule has 1 aliphatic rings. The first-order valence-electron chi connectivity index (χ1n) is 11.7. The molecule has 2 aromatic carbocycles. The number of benzene rings is 2. The van der Waals surface area contributed by atoms with Crippen LogP contribution in [0.1, 0.15) is 36.8 Å². The van der Waals surface area contributed by atoms with Crippen LogP contribution in [-0.4, -0.2) is 67.0 Å². The lowest BCUT2D eigenvalue weighted by atomic mass is 9.98. The number of carboxylic acids is 1. The zero-order chi connectivity index (χ0) is 25.2. The van der Waals surface area contributed by atoms with Crippen molar-refractivity contribution in [3.63, 3.8) is 0 Å². The highest BCUT2D eigenvalue weighted by atomic mass is 32.2.